The third-order valence-electron chi connectivity index (χ3n) is 5.99. The first-order chi connectivity index (χ1) is 16.6. The van der Waals surface area contributed by atoms with Gasteiger partial charge in [0.25, 0.3) is 0 Å². The molecule has 0 unspecified atom stereocenters. The van der Waals surface area contributed by atoms with Crippen LogP contribution in [0.1, 0.15) is 51.5 Å². The lowest BCUT2D eigenvalue weighted by molar-refractivity contribution is -0.118. The van der Waals surface area contributed by atoms with Gasteiger partial charge >= 0.3 is 0 Å². The maximum Gasteiger partial charge on any atom is 0.226 e. The number of nitrogens with zero attached hydrogens (tertiary/aromatic N) is 1. The third kappa shape index (κ3) is 7.81. The van der Waals surface area contributed by atoms with Crippen LogP contribution in [0.5, 0.6) is 0 Å². The fraction of sp³-hybridized carbons (Fsp3) is 0.367. The molecule has 3 aromatic carbocycles. The molecule has 34 heavy (non-hydrogen) atoms. The average molecular weight is 462 g/mol. The maximum absolute atomic E-state index is 13.3. The summed E-state index contributed by atoms with van der Waals surface area (Å²) in [6, 6.07) is 24.7. The first-order valence-electron chi connectivity index (χ1n) is 12.4. The Morgan fingerprint density at radius 3 is 2.15 bits per heavy atom. The Labute approximate surface area is 203 Å². The fourth-order valence-electron chi connectivity index (χ4n) is 4.07. The standard InChI is InChI=1S/C30H36FNO2/c1-3-5-10-25(23-34-22-24-11-7-6-8-12-24)21-32(30(33)9-4-2)29-19-15-27(16-20-29)26-13-17-28(31)18-14-26/h6-8,11-20,25H,3-5,9-10,21-23H2,1-2H3/t25-/m0/s1. The van der Waals surface area contributed by atoms with E-state index >= 15 is 0 Å². The SMILES string of the molecule is CCCC[C@H](COCc1ccccc1)CN(C(=O)CCC)c1ccc(-c2ccc(F)cc2)cc1. The van der Waals surface area contributed by atoms with Gasteiger partial charge in [0.05, 0.1) is 13.2 Å². The van der Waals surface area contributed by atoms with Crippen LogP contribution in [0, 0.1) is 11.7 Å². The third-order valence-corrected chi connectivity index (χ3v) is 5.99. The van der Waals surface area contributed by atoms with Crippen molar-refractivity contribution in [3.63, 3.8) is 0 Å². The number of halogens is 1. The van der Waals surface area contributed by atoms with E-state index < -0.39 is 0 Å². The molecule has 4 heteroatoms. The Hall–Kier alpha value is -2.98. The van der Waals surface area contributed by atoms with Crippen LogP contribution in [0.25, 0.3) is 11.1 Å². The topological polar surface area (TPSA) is 29.5 Å². The van der Waals surface area contributed by atoms with E-state index in [9.17, 15) is 9.18 Å². The summed E-state index contributed by atoms with van der Waals surface area (Å²) < 4.78 is 19.3. The van der Waals surface area contributed by atoms with Gasteiger partial charge in [0, 0.05) is 24.6 Å². The summed E-state index contributed by atoms with van der Waals surface area (Å²) in [5, 5.41) is 0. The number of unbranched alkanes of at least 4 members (excludes halogenated alkanes) is 1. The zero-order valence-electron chi connectivity index (χ0n) is 20.4. The van der Waals surface area contributed by atoms with Crippen LogP contribution in [0.2, 0.25) is 0 Å². The minimum Gasteiger partial charge on any atom is -0.376 e. The summed E-state index contributed by atoms with van der Waals surface area (Å²) in [7, 11) is 0. The van der Waals surface area contributed by atoms with Crippen LogP contribution in [0.15, 0.2) is 78.9 Å². The van der Waals surface area contributed by atoms with Crippen molar-refractivity contribution in [1.82, 2.24) is 0 Å². The highest BCUT2D eigenvalue weighted by Crippen LogP contribution is 2.26. The van der Waals surface area contributed by atoms with Gasteiger partial charge in [-0.1, -0.05) is 81.3 Å². The number of benzene rings is 3. The van der Waals surface area contributed by atoms with Crippen molar-refractivity contribution in [2.24, 2.45) is 5.92 Å². The quantitative estimate of drug-likeness (QED) is 0.262. The first kappa shape index (κ1) is 25.6. The highest BCUT2D eigenvalue weighted by atomic mass is 19.1. The van der Waals surface area contributed by atoms with Gasteiger partial charge in [-0.2, -0.15) is 0 Å². The molecule has 0 N–H and O–H groups in total. The highest BCUT2D eigenvalue weighted by Gasteiger charge is 2.20. The van der Waals surface area contributed by atoms with Crippen LogP contribution in [0.3, 0.4) is 0 Å². The number of carbonyl (C=O) groups excluding carboxylic acids is 1. The summed E-state index contributed by atoms with van der Waals surface area (Å²) in [5.41, 5.74) is 4.01. The Bertz CT molecular complexity index is 987. The van der Waals surface area contributed by atoms with E-state index in [0.717, 1.165) is 48.1 Å². The predicted molar refractivity (Wildman–Crippen MR) is 138 cm³/mol. The molecule has 1 amide bonds. The van der Waals surface area contributed by atoms with Crippen molar-refractivity contribution in [2.75, 3.05) is 18.1 Å². The lowest BCUT2D eigenvalue weighted by atomic mass is 10.0. The molecule has 0 fully saturated rings. The lowest BCUT2D eigenvalue weighted by Crippen LogP contribution is -2.36. The molecule has 3 rings (SSSR count). The summed E-state index contributed by atoms with van der Waals surface area (Å²) in [6.45, 7) is 6.07. The van der Waals surface area contributed by atoms with Gasteiger partial charge in [0.2, 0.25) is 5.91 Å². The van der Waals surface area contributed by atoms with Gasteiger partial charge in [-0.05, 0) is 53.8 Å². The second-order valence-electron chi connectivity index (χ2n) is 8.82. The molecule has 0 saturated carbocycles. The van der Waals surface area contributed by atoms with E-state index in [0.29, 0.717) is 26.2 Å². The number of anilines is 1. The van der Waals surface area contributed by atoms with Gasteiger partial charge in [-0.15, -0.1) is 0 Å². The van der Waals surface area contributed by atoms with Gasteiger partial charge in [-0.25, -0.2) is 4.39 Å². The number of amides is 1. The molecule has 0 bridgehead atoms. The van der Waals surface area contributed by atoms with Gasteiger partial charge in [0.15, 0.2) is 0 Å². The monoisotopic (exact) mass is 461 g/mol. The fourth-order valence-corrected chi connectivity index (χ4v) is 4.07. The molecule has 0 aliphatic carbocycles. The largest absolute Gasteiger partial charge is 0.376 e. The molecule has 1 atom stereocenters. The Morgan fingerprint density at radius 2 is 1.53 bits per heavy atom. The van der Waals surface area contributed by atoms with Crippen molar-refractivity contribution >= 4 is 11.6 Å². The zero-order chi connectivity index (χ0) is 24.2. The van der Waals surface area contributed by atoms with Crippen LogP contribution in [0.4, 0.5) is 10.1 Å². The molecule has 3 aromatic rings. The summed E-state index contributed by atoms with van der Waals surface area (Å²) >= 11 is 0. The number of rotatable bonds is 13. The average Bonchev–Trinajstić information content (AvgIpc) is 2.87. The molecule has 0 aliphatic rings. The molecule has 0 aromatic heterocycles. The summed E-state index contributed by atoms with van der Waals surface area (Å²) in [4.78, 5) is 15.0. The van der Waals surface area contributed by atoms with Crippen LogP contribution >= 0.6 is 0 Å². The minimum atomic E-state index is -0.246. The van der Waals surface area contributed by atoms with Crippen molar-refractivity contribution in [1.29, 1.82) is 0 Å². The van der Waals surface area contributed by atoms with E-state index in [1.165, 1.54) is 12.1 Å². The summed E-state index contributed by atoms with van der Waals surface area (Å²) in [5.74, 6) is 0.159. The highest BCUT2D eigenvalue weighted by molar-refractivity contribution is 5.93. The predicted octanol–water partition coefficient (Wildman–Crippen LogP) is 7.65. The van der Waals surface area contributed by atoms with E-state index in [1.807, 2.05) is 54.3 Å². The van der Waals surface area contributed by atoms with E-state index in [1.54, 1.807) is 12.1 Å². The van der Waals surface area contributed by atoms with E-state index in [-0.39, 0.29) is 17.6 Å². The lowest BCUT2D eigenvalue weighted by Gasteiger charge is -2.28. The minimum absolute atomic E-state index is 0.140. The maximum atomic E-state index is 13.3. The molecular weight excluding hydrogens is 425 g/mol. The van der Waals surface area contributed by atoms with E-state index in [4.69, 9.17) is 4.74 Å². The Kier molecular flexibility index (Phi) is 10.3. The van der Waals surface area contributed by atoms with Crippen molar-refractivity contribution in [3.05, 3.63) is 90.2 Å². The molecule has 0 aliphatic heterocycles. The second-order valence-corrected chi connectivity index (χ2v) is 8.82. The molecule has 0 heterocycles. The van der Waals surface area contributed by atoms with Gasteiger partial charge in [-0.3, -0.25) is 4.79 Å². The number of ether oxygens (including phenoxy) is 1. The van der Waals surface area contributed by atoms with Crippen LogP contribution < -0.4 is 4.90 Å². The number of hydrogen-bond acceptors (Lipinski definition) is 2. The smallest absolute Gasteiger partial charge is 0.226 e. The number of carbonyl (C=O) groups is 1. The number of hydrogen-bond donors (Lipinski definition) is 0. The molecule has 0 radical (unpaired) electrons. The molecule has 3 nitrogen and oxygen atoms in total. The molecular formula is C30H36FNO2. The Balaban J connectivity index is 1.72. The first-order valence-corrected chi connectivity index (χ1v) is 12.4. The second kappa shape index (κ2) is 13.7. The molecule has 0 spiro atoms. The zero-order valence-corrected chi connectivity index (χ0v) is 20.4. The normalized spacial score (nSPS) is 11.9. The van der Waals surface area contributed by atoms with Gasteiger partial charge < -0.3 is 9.64 Å². The van der Waals surface area contributed by atoms with E-state index in [2.05, 4.69) is 19.1 Å². The Morgan fingerprint density at radius 1 is 0.882 bits per heavy atom. The van der Waals surface area contributed by atoms with Crippen molar-refractivity contribution in [2.45, 2.75) is 52.6 Å². The summed E-state index contributed by atoms with van der Waals surface area (Å²) in [6.07, 6.45) is 4.58. The van der Waals surface area contributed by atoms with Crippen LogP contribution in [-0.4, -0.2) is 19.1 Å². The van der Waals surface area contributed by atoms with Crippen LogP contribution in [-0.2, 0) is 16.1 Å². The van der Waals surface area contributed by atoms with Crippen molar-refractivity contribution in [3.8, 4) is 11.1 Å². The molecule has 180 valence electrons. The van der Waals surface area contributed by atoms with Gasteiger partial charge in [0.1, 0.15) is 5.82 Å². The van der Waals surface area contributed by atoms with Crippen molar-refractivity contribution < 1.29 is 13.9 Å². The molecule has 0 saturated heterocycles.